The molecule has 0 saturated carbocycles. The van der Waals surface area contributed by atoms with Crippen LogP contribution in [0.1, 0.15) is 22.9 Å². The Balaban J connectivity index is 2.08. The average Bonchev–Trinajstić information content (AvgIpc) is 2.80. The van der Waals surface area contributed by atoms with Gasteiger partial charge in [-0.25, -0.2) is 9.59 Å². The van der Waals surface area contributed by atoms with Gasteiger partial charge in [0.05, 0.1) is 22.2 Å². The van der Waals surface area contributed by atoms with E-state index in [1.807, 2.05) is 17.0 Å². The molecule has 1 unspecified atom stereocenters. The molecule has 0 amide bonds. The smallest absolute Gasteiger partial charge is 0.330 e. The quantitative estimate of drug-likeness (QED) is 0.469. The second kappa shape index (κ2) is 7.63. The summed E-state index contributed by atoms with van der Waals surface area (Å²) in [5.74, 6) is 0. The van der Waals surface area contributed by atoms with Crippen molar-refractivity contribution in [2.24, 2.45) is 28.2 Å². The van der Waals surface area contributed by atoms with Gasteiger partial charge in [-0.1, -0.05) is 6.07 Å². The summed E-state index contributed by atoms with van der Waals surface area (Å²) in [6.07, 6.45) is 6.80. The molecule has 0 spiro atoms. The van der Waals surface area contributed by atoms with Crippen LogP contribution in [-0.4, -0.2) is 28.2 Å². The van der Waals surface area contributed by atoms with Crippen molar-refractivity contribution in [1.29, 1.82) is 0 Å². The van der Waals surface area contributed by atoms with Gasteiger partial charge in [0.25, 0.3) is 11.1 Å². The van der Waals surface area contributed by atoms with Crippen molar-refractivity contribution >= 4 is 12.3 Å². The van der Waals surface area contributed by atoms with Gasteiger partial charge >= 0.3 is 11.4 Å². The summed E-state index contributed by atoms with van der Waals surface area (Å²) >= 11 is 0. The molecule has 3 aromatic heterocycles. The van der Waals surface area contributed by atoms with Crippen molar-refractivity contribution in [3.63, 3.8) is 0 Å². The molecule has 32 heavy (non-hydrogen) atoms. The van der Waals surface area contributed by atoms with Gasteiger partial charge in [-0.15, -0.1) is 0 Å². The Morgan fingerprint density at radius 2 is 1.56 bits per heavy atom. The summed E-state index contributed by atoms with van der Waals surface area (Å²) < 4.78 is 4.93. The van der Waals surface area contributed by atoms with Gasteiger partial charge < -0.3 is 9.47 Å². The van der Waals surface area contributed by atoms with Crippen LogP contribution in [0.5, 0.6) is 0 Å². The third-order valence-electron chi connectivity index (χ3n) is 6.10. The molecule has 10 heteroatoms. The van der Waals surface area contributed by atoms with Crippen LogP contribution in [0, 0.1) is 6.92 Å². The van der Waals surface area contributed by atoms with Crippen molar-refractivity contribution in [2.45, 2.75) is 19.5 Å². The van der Waals surface area contributed by atoms with Crippen molar-refractivity contribution in [2.75, 3.05) is 0 Å². The second-order valence-electron chi connectivity index (χ2n) is 7.98. The van der Waals surface area contributed by atoms with E-state index in [9.17, 15) is 19.2 Å². The van der Waals surface area contributed by atoms with Gasteiger partial charge in [0.2, 0.25) is 0 Å². The third-order valence-corrected chi connectivity index (χ3v) is 6.10. The molecule has 166 valence electrons. The number of pyridine rings is 1. The summed E-state index contributed by atoms with van der Waals surface area (Å²) in [5.41, 5.74) is 0.0520. The molecule has 4 rings (SSSR count). The summed E-state index contributed by atoms with van der Waals surface area (Å²) in [6.45, 7) is 2.09. The van der Waals surface area contributed by atoms with Crippen LogP contribution < -0.4 is 33.1 Å². The molecule has 0 bridgehead atoms. The number of nitrogens with zero attached hydrogens (tertiary/aromatic N) is 6. The zero-order valence-electron chi connectivity index (χ0n) is 18.6. The molecule has 1 aliphatic heterocycles. The molecule has 1 aliphatic rings. The third kappa shape index (κ3) is 3.15. The fraction of sp³-hybridized carbons (Fsp3) is 0.318. The van der Waals surface area contributed by atoms with E-state index in [0.29, 0.717) is 28.4 Å². The maximum absolute atomic E-state index is 13.2. The highest BCUT2D eigenvalue weighted by Crippen LogP contribution is 2.25. The first-order valence-corrected chi connectivity index (χ1v) is 10.0. The van der Waals surface area contributed by atoms with Crippen LogP contribution in [0.4, 0.5) is 0 Å². The fourth-order valence-corrected chi connectivity index (χ4v) is 4.10. The predicted molar refractivity (Wildman–Crippen MR) is 119 cm³/mol. The molecule has 10 nitrogen and oxygen atoms in total. The molecule has 0 fully saturated rings. The maximum Gasteiger partial charge on any atom is 0.330 e. The standard InChI is InChI=1S/C22H24N6O4/c1-13-18(20(30)27(5)21(31)24(13)2)16-9-15-17(25(3)22(32)26(4)19(15)29)12-28(16)11-14-7-6-8-23-10-14/h6-10,12,16H,11H2,1-5H3. The minimum absolute atomic E-state index is 0.331. The molecule has 0 aromatic carbocycles. The highest BCUT2D eigenvalue weighted by Gasteiger charge is 2.27. The lowest BCUT2D eigenvalue weighted by atomic mass is 10.0. The summed E-state index contributed by atoms with van der Waals surface area (Å²) in [6, 6.07) is 3.09. The Hall–Kier alpha value is -3.95. The average molecular weight is 436 g/mol. The van der Waals surface area contributed by atoms with Crippen LogP contribution in [0.15, 0.2) is 43.7 Å². The predicted octanol–water partition coefficient (Wildman–Crippen LogP) is -2.04. The zero-order chi connectivity index (χ0) is 23.3. The number of hydrogen-bond donors (Lipinski definition) is 0. The maximum atomic E-state index is 13.2. The lowest BCUT2D eigenvalue weighted by molar-refractivity contribution is 0.349. The van der Waals surface area contributed by atoms with Crippen molar-refractivity contribution in [3.8, 4) is 0 Å². The van der Waals surface area contributed by atoms with Crippen molar-refractivity contribution in [3.05, 3.63) is 93.6 Å². The Kier molecular flexibility index (Phi) is 5.08. The molecule has 0 saturated heterocycles. The van der Waals surface area contributed by atoms with E-state index in [1.54, 1.807) is 45.7 Å². The summed E-state index contributed by atoms with van der Waals surface area (Å²) in [7, 11) is 6.06. The van der Waals surface area contributed by atoms with E-state index in [1.165, 1.54) is 23.2 Å². The van der Waals surface area contributed by atoms with Gasteiger partial charge in [-0.05, 0) is 24.6 Å². The van der Waals surface area contributed by atoms with Gasteiger partial charge in [0, 0.05) is 59.0 Å². The van der Waals surface area contributed by atoms with Crippen LogP contribution >= 0.6 is 0 Å². The molecule has 1 atom stereocenters. The first-order valence-electron chi connectivity index (χ1n) is 10.0. The normalized spacial score (nSPS) is 15.2. The number of aromatic nitrogens is 5. The van der Waals surface area contributed by atoms with Crippen LogP contribution in [0.3, 0.4) is 0 Å². The minimum atomic E-state index is -0.626. The monoisotopic (exact) mass is 436 g/mol. The molecule has 4 heterocycles. The SMILES string of the molecule is Cc1c(C2C=c3c(=O)n(C)c(=O)n(C)c3=CN2Cc2cccnc2)c(=O)n(C)c(=O)n1C. The minimum Gasteiger partial charge on any atom is -0.360 e. The van der Waals surface area contributed by atoms with Gasteiger partial charge in [0.1, 0.15) is 0 Å². The molecule has 0 N–H and O–H groups in total. The van der Waals surface area contributed by atoms with E-state index in [2.05, 4.69) is 4.98 Å². The summed E-state index contributed by atoms with van der Waals surface area (Å²) in [4.78, 5) is 57.0. The summed E-state index contributed by atoms with van der Waals surface area (Å²) in [5, 5.41) is 0.787. The Bertz CT molecular complexity index is 1590. The van der Waals surface area contributed by atoms with Gasteiger partial charge in [-0.2, -0.15) is 0 Å². The molecular formula is C22H24N6O4. The molecule has 3 aromatic rings. The fourth-order valence-electron chi connectivity index (χ4n) is 4.10. The molecular weight excluding hydrogens is 412 g/mol. The van der Waals surface area contributed by atoms with E-state index in [4.69, 9.17) is 0 Å². The number of fused-ring (bicyclic) bond motifs is 1. The lowest BCUT2D eigenvalue weighted by Crippen LogP contribution is -2.59. The Morgan fingerprint density at radius 1 is 0.906 bits per heavy atom. The topological polar surface area (TPSA) is 104 Å². The van der Waals surface area contributed by atoms with Crippen molar-refractivity contribution in [1.82, 2.24) is 28.2 Å². The van der Waals surface area contributed by atoms with Gasteiger partial charge in [0.15, 0.2) is 0 Å². The Morgan fingerprint density at radius 3 is 2.22 bits per heavy atom. The largest absolute Gasteiger partial charge is 0.360 e. The van der Waals surface area contributed by atoms with Crippen LogP contribution in [-0.2, 0) is 34.7 Å². The van der Waals surface area contributed by atoms with E-state index in [0.717, 1.165) is 14.7 Å². The van der Waals surface area contributed by atoms with Crippen molar-refractivity contribution < 1.29 is 0 Å². The van der Waals surface area contributed by atoms with E-state index >= 15 is 0 Å². The van der Waals surface area contributed by atoms with Gasteiger partial charge in [-0.3, -0.25) is 28.3 Å². The lowest BCUT2D eigenvalue weighted by Gasteiger charge is -2.32. The first-order chi connectivity index (χ1) is 15.1. The molecule has 0 aliphatic carbocycles. The zero-order valence-corrected chi connectivity index (χ0v) is 18.6. The highest BCUT2D eigenvalue weighted by molar-refractivity contribution is 5.46. The first kappa shape index (κ1) is 21.3. The van der Waals surface area contributed by atoms with E-state index in [-0.39, 0.29) is 0 Å². The van der Waals surface area contributed by atoms with E-state index < -0.39 is 28.5 Å². The highest BCUT2D eigenvalue weighted by atomic mass is 16.2. The number of rotatable bonds is 3. The second-order valence-corrected chi connectivity index (χ2v) is 7.98. The number of hydrogen-bond acceptors (Lipinski definition) is 6. The van der Waals surface area contributed by atoms with Crippen LogP contribution in [0.2, 0.25) is 0 Å². The van der Waals surface area contributed by atoms with Crippen LogP contribution in [0.25, 0.3) is 12.3 Å². The Labute approximate surface area is 182 Å². The molecule has 0 radical (unpaired) electrons.